The molecule has 0 radical (unpaired) electrons. The molecule has 0 aliphatic heterocycles. The van der Waals surface area contributed by atoms with Crippen LogP contribution < -0.4 is 4.74 Å². The maximum Gasteiger partial charge on any atom is 0.161 e. The van der Waals surface area contributed by atoms with E-state index in [4.69, 9.17) is 14.7 Å². The first-order valence-electron chi connectivity index (χ1n) is 8.97. The predicted molar refractivity (Wildman–Crippen MR) is 111 cm³/mol. The van der Waals surface area contributed by atoms with Crippen molar-refractivity contribution in [1.82, 2.24) is 9.97 Å². The summed E-state index contributed by atoms with van der Waals surface area (Å²) < 4.78 is 5.33. The standard InChI is InChI=1S/C24H18N2O/c1-15-7-12-22-19(13-15)23(16-8-10-18(27-2)11-9-16)20-14-17-5-3-4-6-21(17)25-24(20)26-22/h3-14H,1-2H3. The molecule has 5 rings (SSSR count). The van der Waals surface area contributed by atoms with Crippen molar-refractivity contribution >= 4 is 32.8 Å². The Balaban J connectivity index is 1.94. The normalized spacial score (nSPS) is 11.3. The molecule has 0 atom stereocenters. The summed E-state index contributed by atoms with van der Waals surface area (Å²) in [6.45, 7) is 2.11. The molecular weight excluding hydrogens is 332 g/mol. The molecule has 27 heavy (non-hydrogen) atoms. The van der Waals surface area contributed by atoms with Gasteiger partial charge in [-0.15, -0.1) is 0 Å². The number of benzene rings is 3. The highest BCUT2D eigenvalue weighted by Gasteiger charge is 2.13. The second-order valence-corrected chi connectivity index (χ2v) is 6.79. The number of nitrogens with zero attached hydrogens (tertiary/aromatic N) is 2. The van der Waals surface area contributed by atoms with Gasteiger partial charge in [0, 0.05) is 21.7 Å². The third-order valence-electron chi connectivity index (χ3n) is 5.00. The summed E-state index contributed by atoms with van der Waals surface area (Å²) in [4.78, 5) is 9.69. The van der Waals surface area contributed by atoms with Crippen molar-refractivity contribution in [3.63, 3.8) is 0 Å². The molecule has 3 nitrogen and oxygen atoms in total. The maximum absolute atomic E-state index is 5.33. The number of methoxy groups -OCH3 is 1. The second kappa shape index (κ2) is 6.06. The van der Waals surface area contributed by atoms with Crippen LogP contribution in [0.25, 0.3) is 44.0 Å². The maximum atomic E-state index is 5.33. The van der Waals surface area contributed by atoms with E-state index < -0.39 is 0 Å². The van der Waals surface area contributed by atoms with Gasteiger partial charge in [0.05, 0.1) is 18.1 Å². The number of para-hydroxylation sites is 1. The molecule has 0 saturated carbocycles. The lowest BCUT2D eigenvalue weighted by atomic mass is 9.95. The average molecular weight is 350 g/mol. The number of rotatable bonds is 2. The van der Waals surface area contributed by atoms with Crippen molar-refractivity contribution in [3.05, 3.63) is 78.4 Å². The summed E-state index contributed by atoms with van der Waals surface area (Å²) in [5, 5.41) is 3.33. The number of aromatic nitrogens is 2. The summed E-state index contributed by atoms with van der Waals surface area (Å²) in [6, 6.07) is 25.0. The van der Waals surface area contributed by atoms with Crippen molar-refractivity contribution in [1.29, 1.82) is 0 Å². The molecule has 0 unspecified atom stereocenters. The Morgan fingerprint density at radius 1 is 0.741 bits per heavy atom. The van der Waals surface area contributed by atoms with E-state index in [-0.39, 0.29) is 0 Å². The minimum atomic E-state index is 0.774. The topological polar surface area (TPSA) is 35.0 Å². The Morgan fingerprint density at radius 2 is 1.52 bits per heavy atom. The number of fused-ring (bicyclic) bond motifs is 3. The molecule has 0 aliphatic carbocycles. The molecule has 5 aromatic rings. The van der Waals surface area contributed by atoms with Crippen LogP contribution in [0.15, 0.2) is 72.8 Å². The van der Waals surface area contributed by atoms with Crippen LogP contribution >= 0.6 is 0 Å². The lowest BCUT2D eigenvalue weighted by Crippen LogP contribution is -1.93. The SMILES string of the molecule is COc1ccc(-c2c3cc(C)ccc3nc3nc4ccccc4cc23)cc1. The predicted octanol–water partition coefficient (Wildman–Crippen LogP) is 5.92. The fourth-order valence-electron chi connectivity index (χ4n) is 3.65. The van der Waals surface area contributed by atoms with Crippen LogP contribution in [0, 0.1) is 6.92 Å². The average Bonchev–Trinajstić information content (AvgIpc) is 2.71. The van der Waals surface area contributed by atoms with Gasteiger partial charge < -0.3 is 4.74 Å². The van der Waals surface area contributed by atoms with Gasteiger partial charge in [-0.05, 0) is 48.9 Å². The summed E-state index contributed by atoms with van der Waals surface area (Å²) in [5.41, 5.74) is 6.21. The third-order valence-corrected chi connectivity index (χ3v) is 5.00. The van der Waals surface area contributed by atoms with Crippen LogP contribution in [0.5, 0.6) is 5.75 Å². The second-order valence-electron chi connectivity index (χ2n) is 6.79. The molecule has 2 aromatic heterocycles. The fraction of sp³-hybridized carbons (Fsp3) is 0.0833. The fourth-order valence-corrected chi connectivity index (χ4v) is 3.65. The molecule has 2 heterocycles. The Labute approximate surface area is 157 Å². The van der Waals surface area contributed by atoms with Gasteiger partial charge in [0.2, 0.25) is 0 Å². The molecule has 0 N–H and O–H groups in total. The number of pyridine rings is 2. The summed E-state index contributed by atoms with van der Waals surface area (Å²) in [6.07, 6.45) is 0. The van der Waals surface area contributed by atoms with Crippen LogP contribution in [0.3, 0.4) is 0 Å². The molecular formula is C24H18N2O. The zero-order valence-corrected chi connectivity index (χ0v) is 15.2. The van der Waals surface area contributed by atoms with Gasteiger partial charge in [-0.25, -0.2) is 9.97 Å². The summed E-state index contributed by atoms with van der Waals surface area (Å²) in [5.74, 6) is 0.848. The molecule has 0 aliphatic rings. The van der Waals surface area contributed by atoms with Gasteiger partial charge in [-0.1, -0.05) is 42.0 Å². The first-order valence-corrected chi connectivity index (χ1v) is 8.97. The highest BCUT2D eigenvalue weighted by molar-refractivity contribution is 6.11. The molecule has 3 heteroatoms. The Morgan fingerprint density at radius 3 is 2.33 bits per heavy atom. The molecule has 0 fully saturated rings. The molecule has 130 valence electrons. The van der Waals surface area contributed by atoms with Crippen molar-refractivity contribution in [2.24, 2.45) is 0 Å². The third kappa shape index (κ3) is 2.59. The number of hydrogen-bond acceptors (Lipinski definition) is 3. The first kappa shape index (κ1) is 15.8. The van der Waals surface area contributed by atoms with Crippen LogP contribution in [-0.2, 0) is 0 Å². The van der Waals surface area contributed by atoms with E-state index in [1.165, 1.54) is 11.1 Å². The molecule has 0 bridgehead atoms. The van der Waals surface area contributed by atoms with E-state index in [0.29, 0.717) is 0 Å². The summed E-state index contributed by atoms with van der Waals surface area (Å²) in [7, 11) is 1.69. The monoisotopic (exact) mass is 350 g/mol. The van der Waals surface area contributed by atoms with E-state index in [1.807, 2.05) is 30.3 Å². The van der Waals surface area contributed by atoms with Gasteiger partial charge in [0.1, 0.15) is 5.75 Å². The molecule has 0 spiro atoms. The number of ether oxygens (including phenoxy) is 1. The minimum absolute atomic E-state index is 0.774. The van der Waals surface area contributed by atoms with E-state index in [1.54, 1.807) is 7.11 Å². The highest BCUT2D eigenvalue weighted by atomic mass is 16.5. The van der Waals surface area contributed by atoms with Crippen LogP contribution in [0.2, 0.25) is 0 Å². The molecule has 3 aromatic carbocycles. The molecule has 0 amide bonds. The van der Waals surface area contributed by atoms with Gasteiger partial charge in [-0.2, -0.15) is 0 Å². The van der Waals surface area contributed by atoms with Crippen molar-refractivity contribution < 1.29 is 4.74 Å². The van der Waals surface area contributed by atoms with Gasteiger partial charge in [0.25, 0.3) is 0 Å². The van der Waals surface area contributed by atoms with Crippen LogP contribution in [0.4, 0.5) is 0 Å². The van der Waals surface area contributed by atoms with Crippen molar-refractivity contribution in [2.45, 2.75) is 6.92 Å². The van der Waals surface area contributed by atoms with Gasteiger partial charge >= 0.3 is 0 Å². The van der Waals surface area contributed by atoms with Crippen molar-refractivity contribution in [2.75, 3.05) is 7.11 Å². The quantitative estimate of drug-likeness (QED) is 0.371. The van der Waals surface area contributed by atoms with Gasteiger partial charge in [0.15, 0.2) is 5.65 Å². The van der Waals surface area contributed by atoms with Crippen molar-refractivity contribution in [3.8, 4) is 16.9 Å². The van der Waals surface area contributed by atoms with E-state index in [0.717, 1.165) is 44.2 Å². The zero-order valence-electron chi connectivity index (χ0n) is 15.2. The smallest absolute Gasteiger partial charge is 0.161 e. The number of aryl methyl sites for hydroxylation is 1. The first-order chi connectivity index (χ1) is 13.2. The molecule has 0 saturated heterocycles. The lowest BCUT2D eigenvalue weighted by molar-refractivity contribution is 0.415. The van der Waals surface area contributed by atoms with E-state index in [2.05, 4.69) is 49.4 Å². The highest BCUT2D eigenvalue weighted by Crippen LogP contribution is 2.36. The Hall–Kier alpha value is -3.46. The van der Waals surface area contributed by atoms with E-state index in [9.17, 15) is 0 Å². The van der Waals surface area contributed by atoms with Crippen LogP contribution in [-0.4, -0.2) is 17.1 Å². The Bertz CT molecular complexity index is 1310. The van der Waals surface area contributed by atoms with Crippen LogP contribution in [0.1, 0.15) is 5.56 Å². The Kier molecular flexibility index (Phi) is 3.54. The lowest BCUT2D eigenvalue weighted by Gasteiger charge is -2.13. The van der Waals surface area contributed by atoms with E-state index >= 15 is 0 Å². The minimum Gasteiger partial charge on any atom is -0.497 e. The van der Waals surface area contributed by atoms with Gasteiger partial charge in [-0.3, -0.25) is 0 Å². The zero-order chi connectivity index (χ0) is 18.4. The number of hydrogen-bond donors (Lipinski definition) is 0. The largest absolute Gasteiger partial charge is 0.497 e. The summed E-state index contributed by atoms with van der Waals surface area (Å²) >= 11 is 0.